The van der Waals surface area contributed by atoms with Crippen molar-refractivity contribution in [2.75, 3.05) is 5.32 Å². The fourth-order valence-electron chi connectivity index (χ4n) is 3.40. The minimum absolute atomic E-state index is 0.0787. The number of nitrogens with zero attached hydrogens (tertiary/aromatic N) is 3. The monoisotopic (exact) mass is 380 g/mol. The molecule has 0 saturated heterocycles. The third-order valence-corrected chi connectivity index (χ3v) is 4.91. The van der Waals surface area contributed by atoms with Gasteiger partial charge in [-0.2, -0.15) is 5.10 Å². The van der Waals surface area contributed by atoms with E-state index in [0.29, 0.717) is 22.8 Å². The third-order valence-electron chi connectivity index (χ3n) is 4.91. The van der Waals surface area contributed by atoms with E-state index < -0.39 is 5.82 Å². The van der Waals surface area contributed by atoms with Crippen LogP contribution in [0, 0.1) is 12.7 Å². The van der Waals surface area contributed by atoms with Gasteiger partial charge in [0.2, 0.25) is 0 Å². The molecule has 0 unspecified atom stereocenters. The summed E-state index contributed by atoms with van der Waals surface area (Å²) in [6.07, 6.45) is 7.36. The van der Waals surface area contributed by atoms with E-state index in [-0.39, 0.29) is 17.8 Å². The number of halogens is 1. The molecule has 1 aliphatic carbocycles. The van der Waals surface area contributed by atoms with Crippen LogP contribution in [-0.4, -0.2) is 26.8 Å². The van der Waals surface area contributed by atoms with Gasteiger partial charge in [0.15, 0.2) is 17.4 Å². The van der Waals surface area contributed by atoms with Crippen LogP contribution in [0.15, 0.2) is 48.8 Å². The predicted octanol–water partition coefficient (Wildman–Crippen LogP) is 4.29. The summed E-state index contributed by atoms with van der Waals surface area (Å²) in [6.45, 7) is 1.79. The summed E-state index contributed by atoms with van der Waals surface area (Å²) in [5, 5.41) is 6.95. The van der Waals surface area contributed by atoms with Gasteiger partial charge in [-0.05, 0) is 56.9 Å². The Kier molecular flexibility index (Phi) is 5.06. The van der Waals surface area contributed by atoms with E-state index in [0.717, 1.165) is 25.7 Å². The number of pyridine rings is 1. The Labute approximate surface area is 162 Å². The van der Waals surface area contributed by atoms with Gasteiger partial charge in [0, 0.05) is 18.0 Å². The normalized spacial score (nSPS) is 14.2. The molecule has 7 heteroatoms. The average Bonchev–Trinajstić information content (AvgIpc) is 3.34. The molecule has 1 aromatic carbocycles. The molecule has 3 aromatic rings. The number of carbonyl (C=O) groups is 1. The lowest BCUT2D eigenvalue weighted by Gasteiger charge is -2.14. The number of nitrogens with one attached hydrogen (secondary N) is 1. The van der Waals surface area contributed by atoms with Gasteiger partial charge in [0.25, 0.3) is 5.91 Å². The summed E-state index contributed by atoms with van der Waals surface area (Å²) >= 11 is 0. The van der Waals surface area contributed by atoms with E-state index in [2.05, 4.69) is 15.4 Å². The molecule has 0 aliphatic heterocycles. The lowest BCUT2D eigenvalue weighted by molar-refractivity contribution is 0.102. The van der Waals surface area contributed by atoms with Crippen molar-refractivity contribution < 1.29 is 13.9 Å². The maximum atomic E-state index is 14.4. The van der Waals surface area contributed by atoms with Crippen molar-refractivity contribution in [3.8, 4) is 11.6 Å². The number of anilines is 1. The topological polar surface area (TPSA) is 69.0 Å². The first kappa shape index (κ1) is 18.2. The molecule has 6 nitrogen and oxygen atoms in total. The number of hydrogen-bond donors (Lipinski definition) is 1. The largest absolute Gasteiger partial charge is 0.487 e. The van der Waals surface area contributed by atoms with E-state index in [1.807, 2.05) is 12.1 Å². The van der Waals surface area contributed by atoms with Gasteiger partial charge in [-0.1, -0.05) is 6.07 Å². The van der Waals surface area contributed by atoms with Crippen LogP contribution in [0.3, 0.4) is 0 Å². The molecule has 1 aliphatic rings. The first-order valence-electron chi connectivity index (χ1n) is 9.35. The van der Waals surface area contributed by atoms with Gasteiger partial charge in [0.05, 0.1) is 23.6 Å². The third kappa shape index (κ3) is 3.74. The summed E-state index contributed by atoms with van der Waals surface area (Å²) in [5.41, 5.74) is 1.42. The SMILES string of the molecule is Cc1c(C(=O)Nc2ccc(OC3CCCC3)c(F)c2)cnn1-c1ccccn1. The molecule has 2 heterocycles. The lowest BCUT2D eigenvalue weighted by atomic mass is 10.2. The summed E-state index contributed by atoms with van der Waals surface area (Å²) in [4.78, 5) is 16.9. The summed E-state index contributed by atoms with van der Waals surface area (Å²) in [7, 11) is 0. The Bertz CT molecular complexity index is 981. The van der Waals surface area contributed by atoms with Crippen molar-refractivity contribution in [2.24, 2.45) is 0 Å². The van der Waals surface area contributed by atoms with E-state index in [1.165, 1.54) is 12.3 Å². The van der Waals surface area contributed by atoms with Crippen molar-refractivity contribution in [2.45, 2.75) is 38.7 Å². The Morgan fingerprint density at radius 3 is 2.79 bits per heavy atom. The van der Waals surface area contributed by atoms with Crippen LogP contribution in [-0.2, 0) is 0 Å². The average molecular weight is 380 g/mol. The van der Waals surface area contributed by atoms with Crippen molar-refractivity contribution >= 4 is 11.6 Å². The number of hydrogen-bond acceptors (Lipinski definition) is 4. The van der Waals surface area contributed by atoms with Crippen molar-refractivity contribution in [1.82, 2.24) is 14.8 Å². The molecule has 1 fully saturated rings. The molecule has 4 rings (SSSR count). The Balaban J connectivity index is 1.48. The number of ether oxygens (including phenoxy) is 1. The molecule has 0 radical (unpaired) electrons. The van der Waals surface area contributed by atoms with Crippen LogP contribution in [0.1, 0.15) is 41.7 Å². The van der Waals surface area contributed by atoms with Gasteiger partial charge >= 0.3 is 0 Å². The number of rotatable bonds is 5. The number of carbonyl (C=O) groups excluding carboxylic acids is 1. The van der Waals surface area contributed by atoms with E-state index in [9.17, 15) is 9.18 Å². The zero-order chi connectivity index (χ0) is 19.5. The highest BCUT2D eigenvalue weighted by atomic mass is 19.1. The Morgan fingerprint density at radius 2 is 2.07 bits per heavy atom. The highest BCUT2D eigenvalue weighted by Crippen LogP contribution is 2.28. The summed E-state index contributed by atoms with van der Waals surface area (Å²) < 4.78 is 21.7. The minimum atomic E-state index is -0.481. The first-order valence-corrected chi connectivity index (χ1v) is 9.35. The van der Waals surface area contributed by atoms with Gasteiger partial charge in [-0.3, -0.25) is 4.79 Å². The standard InChI is InChI=1S/C21H21FN4O2/c1-14-17(13-24-26(14)20-8-4-5-11-23-20)21(27)25-15-9-10-19(18(22)12-15)28-16-6-2-3-7-16/h4-5,8-13,16H,2-3,6-7H2,1H3,(H,25,27). The van der Waals surface area contributed by atoms with Gasteiger partial charge in [-0.25, -0.2) is 14.1 Å². The number of aromatic nitrogens is 3. The fourth-order valence-corrected chi connectivity index (χ4v) is 3.40. The molecule has 1 amide bonds. The van der Waals surface area contributed by atoms with Gasteiger partial charge in [0.1, 0.15) is 0 Å². The first-order chi connectivity index (χ1) is 13.6. The minimum Gasteiger partial charge on any atom is -0.487 e. The fraction of sp³-hybridized carbons (Fsp3) is 0.286. The number of benzene rings is 1. The van der Waals surface area contributed by atoms with E-state index in [1.54, 1.807) is 36.0 Å². The summed E-state index contributed by atoms with van der Waals surface area (Å²) in [5.74, 6) is 0.0108. The van der Waals surface area contributed by atoms with Gasteiger partial charge in [-0.15, -0.1) is 0 Å². The smallest absolute Gasteiger partial charge is 0.259 e. The van der Waals surface area contributed by atoms with E-state index >= 15 is 0 Å². The van der Waals surface area contributed by atoms with Crippen molar-refractivity contribution in [3.05, 3.63) is 65.9 Å². The molecule has 28 heavy (non-hydrogen) atoms. The zero-order valence-corrected chi connectivity index (χ0v) is 15.6. The maximum Gasteiger partial charge on any atom is 0.259 e. The van der Waals surface area contributed by atoms with Crippen molar-refractivity contribution in [3.63, 3.8) is 0 Å². The molecule has 144 valence electrons. The molecule has 0 spiro atoms. The van der Waals surface area contributed by atoms with Crippen LogP contribution in [0.5, 0.6) is 5.75 Å². The molecule has 1 saturated carbocycles. The quantitative estimate of drug-likeness (QED) is 0.717. The molecule has 0 atom stereocenters. The summed E-state index contributed by atoms with van der Waals surface area (Å²) in [6, 6.07) is 9.95. The maximum absolute atomic E-state index is 14.4. The van der Waals surface area contributed by atoms with Crippen LogP contribution >= 0.6 is 0 Å². The second-order valence-electron chi connectivity index (χ2n) is 6.87. The molecular weight excluding hydrogens is 359 g/mol. The van der Waals surface area contributed by atoms with Gasteiger partial charge < -0.3 is 10.1 Å². The zero-order valence-electron chi connectivity index (χ0n) is 15.6. The highest BCUT2D eigenvalue weighted by Gasteiger charge is 2.19. The molecule has 2 aromatic heterocycles. The Hall–Kier alpha value is -3.22. The molecular formula is C21H21FN4O2. The second kappa shape index (κ2) is 7.80. The second-order valence-corrected chi connectivity index (χ2v) is 6.87. The van der Waals surface area contributed by atoms with Crippen LogP contribution in [0.25, 0.3) is 5.82 Å². The highest BCUT2D eigenvalue weighted by molar-refractivity contribution is 6.05. The Morgan fingerprint density at radius 1 is 1.25 bits per heavy atom. The lowest BCUT2D eigenvalue weighted by Crippen LogP contribution is -2.14. The number of amides is 1. The van der Waals surface area contributed by atoms with Crippen molar-refractivity contribution in [1.29, 1.82) is 0 Å². The molecule has 0 bridgehead atoms. The van der Waals surface area contributed by atoms with E-state index in [4.69, 9.17) is 4.74 Å². The van der Waals surface area contributed by atoms with Crippen LogP contribution in [0.4, 0.5) is 10.1 Å². The molecule has 1 N–H and O–H groups in total. The van der Waals surface area contributed by atoms with Crippen LogP contribution < -0.4 is 10.1 Å². The predicted molar refractivity (Wildman–Crippen MR) is 103 cm³/mol. The van der Waals surface area contributed by atoms with Crippen LogP contribution in [0.2, 0.25) is 0 Å².